The van der Waals surface area contributed by atoms with Crippen molar-refractivity contribution < 1.29 is 9.18 Å². The number of carbonyl (C=O) groups excluding carboxylic acids is 1. The Kier molecular flexibility index (Phi) is 6.31. The van der Waals surface area contributed by atoms with Crippen LogP contribution in [0.2, 0.25) is 0 Å². The summed E-state index contributed by atoms with van der Waals surface area (Å²) in [6.45, 7) is 2.71. The first-order valence-corrected chi connectivity index (χ1v) is 7.62. The number of nitrogens with one attached hydrogen (secondary N) is 3. The van der Waals surface area contributed by atoms with Crippen LogP contribution in [0.5, 0.6) is 0 Å². The Bertz CT molecular complexity index is 713. The van der Waals surface area contributed by atoms with E-state index in [2.05, 4.69) is 27.0 Å². The maximum absolute atomic E-state index is 12.8. The van der Waals surface area contributed by atoms with E-state index in [0.717, 1.165) is 5.56 Å². The van der Waals surface area contributed by atoms with Crippen molar-refractivity contribution in [2.45, 2.75) is 13.5 Å². The number of halogens is 1. The number of anilines is 1. The first-order chi connectivity index (χ1) is 11.6. The van der Waals surface area contributed by atoms with Crippen LogP contribution in [0, 0.1) is 12.7 Å². The van der Waals surface area contributed by atoms with Gasteiger partial charge in [-0.2, -0.15) is 0 Å². The lowest BCUT2D eigenvalue weighted by atomic mass is 10.1. The van der Waals surface area contributed by atoms with Crippen molar-refractivity contribution in [2.24, 2.45) is 4.99 Å². The molecule has 0 spiro atoms. The highest BCUT2D eigenvalue weighted by molar-refractivity contribution is 5.94. The molecule has 0 aliphatic rings. The zero-order valence-electron chi connectivity index (χ0n) is 13.8. The molecule has 3 N–H and O–H groups in total. The van der Waals surface area contributed by atoms with Crippen LogP contribution in [0.15, 0.2) is 53.5 Å². The Labute approximate surface area is 141 Å². The molecule has 5 nitrogen and oxygen atoms in total. The van der Waals surface area contributed by atoms with Crippen LogP contribution in [0.3, 0.4) is 0 Å². The fraction of sp³-hybridized carbons (Fsp3) is 0.222. The van der Waals surface area contributed by atoms with Crippen LogP contribution in [0.1, 0.15) is 11.1 Å². The summed E-state index contributed by atoms with van der Waals surface area (Å²) in [6.07, 6.45) is 0. The predicted octanol–water partition coefficient (Wildman–Crippen LogP) is 2.44. The molecule has 2 rings (SSSR count). The molecule has 0 unspecified atom stereocenters. The molecule has 2 aromatic rings. The van der Waals surface area contributed by atoms with Crippen molar-refractivity contribution in [3.8, 4) is 0 Å². The summed E-state index contributed by atoms with van der Waals surface area (Å²) >= 11 is 0. The van der Waals surface area contributed by atoms with Gasteiger partial charge in [-0.3, -0.25) is 9.79 Å². The molecule has 0 aliphatic carbocycles. The molecular weight excluding hydrogens is 307 g/mol. The third-order valence-electron chi connectivity index (χ3n) is 3.31. The normalized spacial score (nSPS) is 11.0. The summed E-state index contributed by atoms with van der Waals surface area (Å²) in [6, 6.07) is 13.8. The Balaban J connectivity index is 1.78. The van der Waals surface area contributed by atoms with E-state index >= 15 is 0 Å². The predicted molar refractivity (Wildman–Crippen MR) is 94.4 cm³/mol. The van der Waals surface area contributed by atoms with Crippen LogP contribution in [0.4, 0.5) is 10.1 Å². The third kappa shape index (κ3) is 5.72. The van der Waals surface area contributed by atoms with Crippen molar-refractivity contribution in [2.75, 3.05) is 18.9 Å². The number of guanidine groups is 1. The van der Waals surface area contributed by atoms with E-state index in [-0.39, 0.29) is 18.3 Å². The summed E-state index contributed by atoms with van der Waals surface area (Å²) in [5, 5.41) is 8.77. The zero-order valence-corrected chi connectivity index (χ0v) is 13.8. The van der Waals surface area contributed by atoms with Gasteiger partial charge >= 0.3 is 0 Å². The summed E-state index contributed by atoms with van der Waals surface area (Å²) in [7, 11) is 1.64. The smallest absolute Gasteiger partial charge is 0.243 e. The molecule has 0 atom stereocenters. The molecule has 1 amide bonds. The van der Waals surface area contributed by atoms with Gasteiger partial charge in [-0.1, -0.05) is 29.8 Å². The molecule has 126 valence electrons. The van der Waals surface area contributed by atoms with Crippen molar-refractivity contribution in [1.82, 2.24) is 10.6 Å². The molecule has 0 saturated carbocycles. The number of aryl methyl sites for hydroxylation is 1. The quantitative estimate of drug-likeness (QED) is 0.583. The van der Waals surface area contributed by atoms with Gasteiger partial charge in [0.25, 0.3) is 0 Å². The Morgan fingerprint density at radius 2 is 1.88 bits per heavy atom. The average molecular weight is 328 g/mol. The molecule has 0 fully saturated rings. The minimum absolute atomic E-state index is 0.0604. The second-order valence-electron chi connectivity index (χ2n) is 5.32. The Morgan fingerprint density at radius 1 is 1.12 bits per heavy atom. The molecular formula is C18H21FN4O. The van der Waals surface area contributed by atoms with Gasteiger partial charge in [-0.25, -0.2) is 4.39 Å². The van der Waals surface area contributed by atoms with Crippen LogP contribution >= 0.6 is 0 Å². The topological polar surface area (TPSA) is 65.5 Å². The Hall–Kier alpha value is -2.89. The number of carbonyl (C=O) groups is 1. The molecule has 0 heterocycles. The summed E-state index contributed by atoms with van der Waals surface area (Å²) < 4.78 is 12.8. The van der Waals surface area contributed by atoms with E-state index in [0.29, 0.717) is 18.2 Å². The van der Waals surface area contributed by atoms with Crippen LogP contribution in [0.25, 0.3) is 0 Å². The number of hydrogen-bond donors (Lipinski definition) is 3. The first-order valence-electron chi connectivity index (χ1n) is 7.62. The van der Waals surface area contributed by atoms with Gasteiger partial charge in [0.15, 0.2) is 5.96 Å². The minimum Gasteiger partial charge on any atom is -0.352 e. The van der Waals surface area contributed by atoms with E-state index < -0.39 is 0 Å². The molecule has 0 radical (unpaired) electrons. The number of hydrogen-bond acceptors (Lipinski definition) is 2. The van der Waals surface area contributed by atoms with E-state index in [9.17, 15) is 9.18 Å². The van der Waals surface area contributed by atoms with E-state index in [1.54, 1.807) is 7.05 Å². The highest BCUT2D eigenvalue weighted by atomic mass is 19.1. The highest BCUT2D eigenvalue weighted by Crippen LogP contribution is 2.07. The molecule has 6 heteroatoms. The monoisotopic (exact) mass is 328 g/mol. The summed E-state index contributed by atoms with van der Waals surface area (Å²) in [4.78, 5) is 16.0. The van der Waals surface area contributed by atoms with Gasteiger partial charge in [0.1, 0.15) is 5.82 Å². The van der Waals surface area contributed by atoms with Gasteiger partial charge < -0.3 is 16.0 Å². The fourth-order valence-corrected chi connectivity index (χ4v) is 2.13. The Morgan fingerprint density at radius 3 is 2.54 bits per heavy atom. The average Bonchev–Trinajstić information content (AvgIpc) is 2.57. The van der Waals surface area contributed by atoms with Crippen molar-refractivity contribution in [1.29, 1.82) is 0 Å². The first kappa shape index (κ1) is 17.5. The van der Waals surface area contributed by atoms with E-state index in [4.69, 9.17) is 0 Å². The molecule has 0 aliphatic heterocycles. The number of rotatable bonds is 5. The molecule has 0 aromatic heterocycles. The fourth-order valence-electron chi connectivity index (χ4n) is 2.13. The highest BCUT2D eigenvalue weighted by Gasteiger charge is 2.04. The van der Waals surface area contributed by atoms with Gasteiger partial charge in [0.05, 0.1) is 6.54 Å². The van der Waals surface area contributed by atoms with Crippen molar-refractivity contribution >= 4 is 17.6 Å². The number of benzene rings is 2. The van der Waals surface area contributed by atoms with Crippen LogP contribution in [-0.4, -0.2) is 25.5 Å². The van der Waals surface area contributed by atoms with E-state index in [1.165, 1.54) is 29.8 Å². The lowest BCUT2D eigenvalue weighted by molar-refractivity contribution is -0.115. The lowest BCUT2D eigenvalue weighted by Crippen LogP contribution is -2.41. The standard InChI is InChI=1S/C18H21FN4O/c1-13-4-3-5-14(10-13)11-21-18(20-2)22-12-17(24)23-16-8-6-15(19)7-9-16/h3-10H,11-12H2,1-2H3,(H,23,24)(H2,20,21,22). The van der Waals surface area contributed by atoms with Gasteiger partial charge in [0, 0.05) is 19.3 Å². The second kappa shape index (κ2) is 8.67. The largest absolute Gasteiger partial charge is 0.352 e. The lowest BCUT2D eigenvalue weighted by Gasteiger charge is -2.12. The van der Waals surface area contributed by atoms with Crippen molar-refractivity contribution in [3.63, 3.8) is 0 Å². The van der Waals surface area contributed by atoms with Crippen LogP contribution in [-0.2, 0) is 11.3 Å². The van der Waals surface area contributed by atoms with Gasteiger partial charge in [-0.15, -0.1) is 0 Å². The summed E-state index contributed by atoms with van der Waals surface area (Å²) in [5.41, 5.74) is 2.87. The third-order valence-corrected chi connectivity index (χ3v) is 3.31. The zero-order chi connectivity index (χ0) is 17.4. The van der Waals surface area contributed by atoms with Crippen LogP contribution < -0.4 is 16.0 Å². The van der Waals surface area contributed by atoms with Gasteiger partial charge in [0.2, 0.25) is 5.91 Å². The maximum Gasteiger partial charge on any atom is 0.243 e. The van der Waals surface area contributed by atoms with Crippen molar-refractivity contribution in [3.05, 3.63) is 65.5 Å². The SMILES string of the molecule is CN=C(NCC(=O)Nc1ccc(F)cc1)NCc1cccc(C)c1. The molecule has 24 heavy (non-hydrogen) atoms. The molecule has 0 saturated heterocycles. The number of nitrogens with zero attached hydrogens (tertiary/aromatic N) is 1. The molecule has 0 bridgehead atoms. The van der Waals surface area contributed by atoms with Gasteiger partial charge in [-0.05, 0) is 36.8 Å². The number of aliphatic imine (C=N–C) groups is 1. The molecule has 2 aromatic carbocycles. The minimum atomic E-state index is -0.341. The van der Waals surface area contributed by atoms with E-state index in [1.807, 2.05) is 25.1 Å². The maximum atomic E-state index is 12.8. The summed E-state index contributed by atoms with van der Waals surface area (Å²) in [5.74, 6) is -0.0437. The second-order valence-corrected chi connectivity index (χ2v) is 5.32. The number of amides is 1.